The summed E-state index contributed by atoms with van der Waals surface area (Å²) in [6, 6.07) is 3.96. The topological polar surface area (TPSA) is 58.6 Å². The van der Waals surface area contributed by atoms with Gasteiger partial charge in [0, 0.05) is 5.56 Å². The SMILES string of the molecule is CC(C)(C)N=C(N)c1ccc(O)c(F)c1. The molecule has 0 aliphatic heterocycles. The van der Waals surface area contributed by atoms with Gasteiger partial charge in [-0.05, 0) is 39.0 Å². The van der Waals surface area contributed by atoms with E-state index >= 15 is 0 Å². The average Bonchev–Trinajstić information content (AvgIpc) is 2.06. The first kappa shape index (κ1) is 11.5. The van der Waals surface area contributed by atoms with Crippen LogP contribution >= 0.6 is 0 Å². The summed E-state index contributed by atoms with van der Waals surface area (Å²) in [6.45, 7) is 5.70. The summed E-state index contributed by atoms with van der Waals surface area (Å²) in [5, 5.41) is 9.00. The third-order valence-electron chi connectivity index (χ3n) is 1.70. The molecule has 1 aromatic rings. The van der Waals surface area contributed by atoms with Crippen molar-refractivity contribution in [1.82, 2.24) is 0 Å². The Bertz CT molecular complexity index is 394. The van der Waals surface area contributed by atoms with Gasteiger partial charge in [0.15, 0.2) is 11.6 Å². The number of phenolic OH excluding ortho intramolecular Hbond substituents is 1. The molecule has 1 aromatic carbocycles. The van der Waals surface area contributed by atoms with Crippen molar-refractivity contribution in [1.29, 1.82) is 0 Å². The van der Waals surface area contributed by atoms with Gasteiger partial charge in [-0.25, -0.2) is 4.39 Å². The number of aliphatic imine (C=N–C) groups is 1. The largest absolute Gasteiger partial charge is 0.505 e. The van der Waals surface area contributed by atoms with E-state index in [1.807, 2.05) is 20.8 Å². The summed E-state index contributed by atoms with van der Waals surface area (Å²) < 4.78 is 13.0. The predicted octanol–water partition coefficient (Wildman–Crippen LogP) is 2.04. The van der Waals surface area contributed by atoms with E-state index in [2.05, 4.69) is 4.99 Å². The van der Waals surface area contributed by atoms with Crippen LogP contribution in [0.2, 0.25) is 0 Å². The number of hydrogen-bond acceptors (Lipinski definition) is 2. The van der Waals surface area contributed by atoms with E-state index in [1.165, 1.54) is 18.2 Å². The second-order valence-corrected chi connectivity index (χ2v) is 4.33. The van der Waals surface area contributed by atoms with E-state index in [1.54, 1.807) is 0 Å². The minimum atomic E-state index is -0.695. The number of nitrogens with two attached hydrogens (primary N) is 1. The van der Waals surface area contributed by atoms with Crippen molar-refractivity contribution in [2.45, 2.75) is 26.3 Å². The van der Waals surface area contributed by atoms with Crippen molar-refractivity contribution in [3.8, 4) is 5.75 Å². The van der Waals surface area contributed by atoms with Crippen molar-refractivity contribution < 1.29 is 9.50 Å². The zero-order valence-corrected chi connectivity index (χ0v) is 9.08. The Labute approximate surface area is 88.5 Å². The van der Waals surface area contributed by atoms with Gasteiger partial charge in [-0.3, -0.25) is 4.99 Å². The van der Waals surface area contributed by atoms with Gasteiger partial charge < -0.3 is 10.8 Å². The number of halogens is 1. The number of benzene rings is 1. The molecule has 15 heavy (non-hydrogen) atoms. The first-order valence-electron chi connectivity index (χ1n) is 4.64. The van der Waals surface area contributed by atoms with Crippen LogP contribution in [0.25, 0.3) is 0 Å². The Morgan fingerprint density at radius 2 is 2.00 bits per heavy atom. The Morgan fingerprint density at radius 1 is 1.40 bits per heavy atom. The molecule has 1 rings (SSSR count). The fraction of sp³-hybridized carbons (Fsp3) is 0.364. The van der Waals surface area contributed by atoms with Crippen molar-refractivity contribution in [2.24, 2.45) is 10.7 Å². The molecule has 0 aliphatic rings. The molecule has 3 nitrogen and oxygen atoms in total. The van der Waals surface area contributed by atoms with Crippen molar-refractivity contribution in [3.63, 3.8) is 0 Å². The zero-order valence-electron chi connectivity index (χ0n) is 9.08. The standard InChI is InChI=1S/C11H15FN2O/c1-11(2,3)14-10(13)7-4-5-9(15)8(12)6-7/h4-6,15H,1-3H3,(H2,13,14). The molecule has 0 unspecified atom stereocenters. The molecule has 0 amide bonds. The number of amidine groups is 1. The minimum Gasteiger partial charge on any atom is -0.505 e. The lowest BCUT2D eigenvalue weighted by Gasteiger charge is -2.13. The molecule has 0 heterocycles. The van der Waals surface area contributed by atoms with Crippen LogP contribution in [0, 0.1) is 5.82 Å². The average molecular weight is 210 g/mol. The van der Waals surface area contributed by atoms with Crippen LogP contribution in [-0.2, 0) is 0 Å². The molecule has 3 N–H and O–H groups in total. The second kappa shape index (κ2) is 3.88. The normalized spacial score (nSPS) is 12.9. The molecular weight excluding hydrogens is 195 g/mol. The van der Waals surface area contributed by atoms with E-state index in [0.29, 0.717) is 5.56 Å². The highest BCUT2D eigenvalue weighted by Gasteiger charge is 2.10. The highest BCUT2D eigenvalue weighted by molar-refractivity contribution is 5.97. The Balaban J connectivity index is 3.07. The highest BCUT2D eigenvalue weighted by atomic mass is 19.1. The Hall–Kier alpha value is -1.58. The van der Waals surface area contributed by atoms with Crippen molar-refractivity contribution >= 4 is 5.84 Å². The van der Waals surface area contributed by atoms with Gasteiger partial charge in [0.1, 0.15) is 5.84 Å². The molecule has 82 valence electrons. The molecule has 4 heteroatoms. The van der Waals surface area contributed by atoms with Gasteiger partial charge in [0.25, 0.3) is 0 Å². The van der Waals surface area contributed by atoms with E-state index in [4.69, 9.17) is 10.8 Å². The van der Waals surface area contributed by atoms with Crippen molar-refractivity contribution in [2.75, 3.05) is 0 Å². The van der Waals surface area contributed by atoms with Crippen molar-refractivity contribution in [3.05, 3.63) is 29.6 Å². The number of phenols is 1. The number of aromatic hydroxyl groups is 1. The molecular formula is C11H15FN2O. The van der Waals surface area contributed by atoms with Gasteiger partial charge >= 0.3 is 0 Å². The summed E-state index contributed by atoms with van der Waals surface area (Å²) >= 11 is 0. The smallest absolute Gasteiger partial charge is 0.165 e. The fourth-order valence-electron chi connectivity index (χ4n) is 1.09. The van der Waals surface area contributed by atoms with Crippen LogP contribution in [0.3, 0.4) is 0 Å². The van der Waals surface area contributed by atoms with Crippen LogP contribution in [0.4, 0.5) is 4.39 Å². The van der Waals surface area contributed by atoms with Gasteiger partial charge in [-0.15, -0.1) is 0 Å². The third-order valence-corrected chi connectivity index (χ3v) is 1.70. The van der Waals surface area contributed by atoms with E-state index in [9.17, 15) is 4.39 Å². The quantitative estimate of drug-likeness (QED) is 0.550. The van der Waals surface area contributed by atoms with Gasteiger partial charge in [-0.1, -0.05) is 0 Å². The predicted molar refractivity (Wildman–Crippen MR) is 58.5 cm³/mol. The number of hydrogen-bond donors (Lipinski definition) is 2. The molecule has 0 atom stereocenters. The molecule has 0 saturated heterocycles. The van der Waals surface area contributed by atoms with Gasteiger partial charge in [0.05, 0.1) is 5.54 Å². The van der Waals surface area contributed by atoms with Crippen LogP contribution in [0.5, 0.6) is 5.75 Å². The number of nitrogens with zero attached hydrogens (tertiary/aromatic N) is 1. The summed E-state index contributed by atoms with van der Waals surface area (Å²) in [5.74, 6) is -0.816. The van der Waals surface area contributed by atoms with Crippen LogP contribution < -0.4 is 5.73 Å². The first-order chi connectivity index (χ1) is 6.79. The maximum atomic E-state index is 13.0. The zero-order chi connectivity index (χ0) is 11.6. The molecule has 0 radical (unpaired) electrons. The summed E-state index contributed by atoms with van der Waals surface area (Å²) in [7, 11) is 0. The lowest BCUT2D eigenvalue weighted by atomic mass is 10.1. The molecule has 0 spiro atoms. The van der Waals surface area contributed by atoms with E-state index in [0.717, 1.165) is 0 Å². The summed E-state index contributed by atoms with van der Waals surface area (Å²) in [5.41, 5.74) is 5.87. The Morgan fingerprint density at radius 3 is 2.47 bits per heavy atom. The summed E-state index contributed by atoms with van der Waals surface area (Å²) in [6.07, 6.45) is 0. The fourth-order valence-corrected chi connectivity index (χ4v) is 1.09. The van der Waals surface area contributed by atoms with Crippen LogP contribution in [-0.4, -0.2) is 16.5 Å². The van der Waals surface area contributed by atoms with Gasteiger partial charge in [-0.2, -0.15) is 0 Å². The second-order valence-electron chi connectivity index (χ2n) is 4.33. The maximum absolute atomic E-state index is 13.0. The molecule has 0 aliphatic carbocycles. The lowest BCUT2D eigenvalue weighted by Crippen LogP contribution is -2.21. The monoisotopic (exact) mass is 210 g/mol. The molecule has 0 aromatic heterocycles. The van der Waals surface area contributed by atoms with Crippen LogP contribution in [0.15, 0.2) is 23.2 Å². The van der Waals surface area contributed by atoms with Gasteiger partial charge in [0.2, 0.25) is 0 Å². The first-order valence-corrected chi connectivity index (χ1v) is 4.64. The molecule has 0 bridgehead atoms. The summed E-state index contributed by atoms with van der Waals surface area (Å²) in [4.78, 5) is 4.20. The van der Waals surface area contributed by atoms with Crippen LogP contribution in [0.1, 0.15) is 26.3 Å². The number of rotatable bonds is 1. The van der Waals surface area contributed by atoms with E-state index in [-0.39, 0.29) is 17.1 Å². The molecule has 0 fully saturated rings. The minimum absolute atomic E-state index is 0.265. The molecule has 0 saturated carbocycles. The Kier molecular flexibility index (Phi) is 2.98. The maximum Gasteiger partial charge on any atom is 0.165 e. The third kappa shape index (κ3) is 3.23. The lowest BCUT2D eigenvalue weighted by molar-refractivity contribution is 0.432. The highest BCUT2D eigenvalue weighted by Crippen LogP contribution is 2.17. The van der Waals surface area contributed by atoms with E-state index < -0.39 is 5.82 Å².